The van der Waals surface area contributed by atoms with Gasteiger partial charge in [-0.3, -0.25) is 14.4 Å². The molecule has 0 fully saturated rings. The number of rotatable bonds is 7. The third-order valence-corrected chi connectivity index (χ3v) is 3.92. The fraction of sp³-hybridized carbons (Fsp3) is 0.250. The maximum Gasteiger partial charge on any atom is 0.251 e. The molecule has 0 unspecified atom stereocenters. The number of Topliss-reactive ketones (excluding diaryl/α,β-unsaturated/α-hetero) is 1. The van der Waals surface area contributed by atoms with Gasteiger partial charge in [-0.15, -0.1) is 0 Å². The van der Waals surface area contributed by atoms with Gasteiger partial charge >= 0.3 is 0 Å². The predicted octanol–water partition coefficient (Wildman–Crippen LogP) is 3.21. The summed E-state index contributed by atoms with van der Waals surface area (Å²) >= 11 is 0. The van der Waals surface area contributed by atoms with Gasteiger partial charge in [-0.25, -0.2) is 0 Å². The standard InChI is InChI=1S/C20H22N2O3/c1-3-14-4-6-15(7-5-14)18(23)12-13-19(24)22-17-10-8-16(9-11-17)20(25)21-2/h4-11H,3,12-13H2,1-2H3,(H,21,25)(H,22,24). The van der Waals surface area contributed by atoms with Crippen molar-refractivity contribution in [3.63, 3.8) is 0 Å². The topological polar surface area (TPSA) is 75.3 Å². The van der Waals surface area contributed by atoms with Gasteiger partial charge in [0.1, 0.15) is 0 Å². The second-order valence-electron chi connectivity index (χ2n) is 5.68. The molecule has 2 amide bonds. The van der Waals surface area contributed by atoms with Gasteiger partial charge in [-0.1, -0.05) is 31.2 Å². The molecule has 0 saturated heterocycles. The van der Waals surface area contributed by atoms with Crippen LogP contribution in [0, 0.1) is 0 Å². The minimum atomic E-state index is -0.230. The highest BCUT2D eigenvalue weighted by atomic mass is 16.2. The van der Waals surface area contributed by atoms with Gasteiger partial charge in [-0.05, 0) is 36.2 Å². The van der Waals surface area contributed by atoms with Crippen molar-refractivity contribution in [2.24, 2.45) is 0 Å². The second-order valence-corrected chi connectivity index (χ2v) is 5.68. The molecule has 5 heteroatoms. The van der Waals surface area contributed by atoms with E-state index in [0.717, 1.165) is 6.42 Å². The lowest BCUT2D eigenvalue weighted by Gasteiger charge is -2.06. The number of amides is 2. The van der Waals surface area contributed by atoms with Crippen LogP contribution in [0.5, 0.6) is 0 Å². The summed E-state index contributed by atoms with van der Waals surface area (Å²) in [6.07, 6.45) is 1.20. The molecule has 25 heavy (non-hydrogen) atoms. The molecule has 2 aromatic rings. The van der Waals surface area contributed by atoms with Crippen LogP contribution >= 0.6 is 0 Å². The van der Waals surface area contributed by atoms with Crippen LogP contribution in [-0.4, -0.2) is 24.6 Å². The van der Waals surface area contributed by atoms with Crippen LogP contribution in [0.1, 0.15) is 46.0 Å². The maximum atomic E-state index is 12.1. The molecule has 0 spiro atoms. The Hall–Kier alpha value is -2.95. The minimum absolute atomic E-state index is 0.0484. The smallest absolute Gasteiger partial charge is 0.251 e. The molecular weight excluding hydrogens is 316 g/mol. The molecule has 0 aliphatic rings. The summed E-state index contributed by atoms with van der Waals surface area (Å²) in [4.78, 5) is 35.6. The highest BCUT2D eigenvalue weighted by Gasteiger charge is 2.10. The van der Waals surface area contributed by atoms with E-state index in [4.69, 9.17) is 0 Å². The van der Waals surface area contributed by atoms with E-state index in [-0.39, 0.29) is 30.4 Å². The second kappa shape index (κ2) is 8.78. The van der Waals surface area contributed by atoms with E-state index in [1.165, 1.54) is 5.56 Å². The quantitative estimate of drug-likeness (QED) is 0.761. The summed E-state index contributed by atoms with van der Waals surface area (Å²) in [6, 6.07) is 14.1. The molecule has 0 saturated carbocycles. The molecule has 0 atom stereocenters. The maximum absolute atomic E-state index is 12.1. The van der Waals surface area contributed by atoms with Gasteiger partial charge in [0.15, 0.2) is 5.78 Å². The third kappa shape index (κ3) is 5.28. The van der Waals surface area contributed by atoms with Gasteiger partial charge in [-0.2, -0.15) is 0 Å². The third-order valence-electron chi connectivity index (χ3n) is 3.92. The number of benzene rings is 2. The summed E-state index contributed by atoms with van der Waals surface area (Å²) in [5, 5.41) is 5.26. The van der Waals surface area contributed by atoms with Gasteiger partial charge in [0, 0.05) is 36.7 Å². The van der Waals surface area contributed by atoms with Crippen LogP contribution in [0.3, 0.4) is 0 Å². The number of ketones is 1. The van der Waals surface area contributed by atoms with Crippen molar-refractivity contribution < 1.29 is 14.4 Å². The Labute approximate surface area is 147 Å². The SMILES string of the molecule is CCc1ccc(C(=O)CCC(=O)Nc2ccc(C(=O)NC)cc2)cc1. The number of anilines is 1. The van der Waals surface area contributed by atoms with E-state index in [0.29, 0.717) is 16.8 Å². The van der Waals surface area contributed by atoms with E-state index in [1.54, 1.807) is 43.4 Å². The summed E-state index contributed by atoms with van der Waals surface area (Å²) in [5.74, 6) is -0.462. The zero-order chi connectivity index (χ0) is 18.2. The van der Waals surface area contributed by atoms with Crippen LogP contribution in [-0.2, 0) is 11.2 Å². The van der Waals surface area contributed by atoms with Crippen LogP contribution in [0.2, 0.25) is 0 Å². The lowest BCUT2D eigenvalue weighted by atomic mass is 10.0. The first-order valence-electron chi connectivity index (χ1n) is 8.27. The summed E-state index contributed by atoms with van der Waals surface area (Å²) in [6.45, 7) is 2.06. The number of hydrogen-bond donors (Lipinski definition) is 2. The van der Waals surface area contributed by atoms with Crippen molar-refractivity contribution in [3.8, 4) is 0 Å². The molecule has 5 nitrogen and oxygen atoms in total. The molecule has 0 radical (unpaired) electrons. The molecule has 0 aromatic heterocycles. The van der Waals surface area contributed by atoms with Crippen molar-refractivity contribution in [2.45, 2.75) is 26.2 Å². The van der Waals surface area contributed by atoms with Gasteiger partial charge in [0.2, 0.25) is 5.91 Å². The lowest BCUT2D eigenvalue weighted by Crippen LogP contribution is -2.18. The van der Waals surface area contributed by atoms with Crippen molar-refractivity contribution in [1.29, 1.82) is 0 Å². The zero-order valence-electron chi connectivity index (χ0n) is 14.5. The minimum Gasteiger partial charge on any atom is -0.355 e. The zero-order valence-corrected chi connectivity index (χ0v) is 14.5. The lowest BCUT2D eigenvalue weighted by molar-refractivity contribution is -0.116. The number of aryl methyl sites for hydroxylation is 1. The first-order chi connectivity index (χ1) is 12.0. The highest BCUT2D eigenvalue weighted by molar-refractivity contribution is 6.00. The van der Waals surface area contributed by atoms with Crippen LogP contribution in [0.4, 0.5) is 5.69 Å². The van der Waals surface area contributed by atoms with Gasteiger partial charge in [0.25, 0.3) is 5.91 Å². The molecule has 0 aliphatic heterocycles. The number of nitrogens with one attached hydrogen (secondary N) is 2. The van der Waals surface area contributed by atoms with E-state index in [1.807, 2.05) is 12.1 Å². The van der Waals surface area contributed by atoms with Crippen LogP contribution in [0.15, 0.2) is 48.5 Å². The number of carbonyl (C=O) groups is 3. The van der Waals surface area contributed by atoms with Crippen molar-refractivity contribution in [1.82, 2.24) is 5.32 Å². The Morgan fingerprint density at radius 1 is 0.840 bits per heavy atom. The fourth-order valence-electron chi connectivity index (χ4n) is 2.37. The molecule has 130 valence electrons. The Kier molecular flexibility index (Phi) is 6.46. The van der Waals surface area contributed by atoms with Crippen molar-refractivity contribution >= 4 is 23.3 Å². The molecular formula is C20H22N2O3. The first-order valence-corrected chi connectivity index (χ1v) is 8.27. The normalized spacial score (nSPS) is 10.2. The Morgan fingerprint density at radius 3 is 2.00 bits per heavy atom. The van der Waals surface area contributed by atoms with E-state index >= 15 is 0 Å². The van der Waals surface area contributed by atoms with E-state index < -0.39 is 0 Å². The van der Waals surface area contributed by atoms with E-state index in [9.17, 15) is 14.4 Å². The van der Waals surface area contributed by atoms with Crippen molar-refractivity contribution in [3.05, 3.63) is 65.2 Å². The van der Waals surface area contributed by atoms with Crippen LogP contribution < -0.4 is 10.6 Å². The Bertz CT molecular complexity index is 750. The van der Waals surface area contributed by atoms with Crippen LogP contribution in [0.25, 0.3) is 0 Å². The molecule has 0 bridgehead atoms. The fourth-order valence-corrected chi connectivity index (χ4v) is 2.37. The summed E-state index contributed by atoms with van der Waals surface area (Å²) < 4.78 is 0. The monoisotopic (exact) mass is 338 g/mol. The number of carbonyl (C=O) groups excluding carboxylic acids is 3. The average Bonchev–Trinajstić information content (AvgIpc) is 2.66. The van der Waals surface area contributed by atoms with E-state index in [2.05, 4.69) is 17.6 Å². The highest BCUT2D eigenvalue weighted by Crippen LogP contribution is 2.12. The Balaban J connectivity index is 1.85. The molecule has 2 aromatic carbocycles. The average molecular weight is 338 g/mol. The number of hydrogen-bond acceptors (Lipinski definition) is 3. The molecule has 2 N–H and O–H groups in total. The van der Waals surface area contributed by atoms with Crippen molar-refractivity contribution in [2.75, 3.05) is 12.4 Å². The van der Waals surface area contributed by atoms with Gasteiger partial charge in [0.05, 0.1) is 0 Å². The molecule has 2 rings (SSSR count). The van der Waals surface area contributed by atoms with Gasteiger partial charge < -0.3 is 10.6 Å². The molecule has 0 aliphatic carbocycles. The summed E-state index contributed by atoms with van der Waals surface area (Å²) in [5.41, 5.74) is 2.91. The first kappa shape index (κ1) is 18.4. The summed E-state index contributed by atoms with van der Waals surface area (Å²) in [7, 11) is 1.56. The predicted molar refractivity (Wildman–Crippen MR) is 97.8 cm³/mol. The Morgan fingerprint density at radius 2 is 1.44 bits per heavy atom. The largest absolute Gasteiger partial charge is 0.355 e. The molecule has 0 heterocycles.